The molecule has 0 saturated carbocycles. The topological polar surface area (TPSA) is 47.6 Å². The van der Waals surface area contributed by atoms with E-state index in [0.29, 0.717) is 24.5 Å². The minimum Gasteiger partial charge on any atom is -0.496 e. The summed E-state index contributed by atoms with van der Waals surface area (Å²) in [6, 6.07) is 23.0. The van der Waals surface area contributed by atoms with Gasteiger partial charge in [-0.25, -0.2) is 0 Å². The number of hydrogen-bond acceptors (Lipinski definition) is 3. The molecular formula is C23H23NO3. The average Bonchev–Trinajstić information content (AvgIpc) is 2.70. The van der Waals surface area contributed by atoms with Crippen LogP contribution in [-0.2, 0) is 18.0 Å². The minimum absolute atomic E-state index is 0.161. The number of carbonyl (C=O) groups excluding carboxylic acids is 1. The molecule has 0 spiro atoms. The third-order valence-electron chi connectivity index (χ3n) is 4.22. The number of amides is 1. The van der Waals surface area contributed by atoms with Crippen LogP contribution in [-0.4, -0.2) is 13.0 Å². The molecular weight excluding hydrogens is 338 g/mol. The lowest BCUT2D eigenvalue weighted by atomic mass is 10.1. The van der Waals surface area contributed by atoms with E-state index in [9.17, 15) is 4.79 Å². The van der Waals surface area contributed by atoms with Gasteiger partial charge in [0.15, 0.2) is 0 Å². The summed E-state index contributed by atoms with van der Waals surface area (Å²) < 4.78 is 11.2. The van der Waals surface area contributed by atoms with Crippen molar-refractivity contribution in [2.24, 2.45) is 0 Å². The Balaban J connectivity index is 1.68. The molecule has 0 aliphatic carbocycles. The molecule has 4 heteroatoms. The quantitative estimate of drug-likeness (QED) is 0.646. The number of benzene rings is 3. The van der Waals surface area contributed by atoms with Crippen LogP contribution in [0, 0.1) is 6.92 Å². The molecule has 0 bridgehead atoms. The smallest absolute Gasteiger partial charge is 0.255 e. The van der Waals surface area contributed by atoms with Gasteiger partial charge in [0.1, 0.15) is 5.75 Å². The fourth-order valence-corrected chi connectivity index (χ4v) is 2.73. The van der Waals surface area contributed by atoms with E-state index >= 15 is 0 Å². The molecule has 0 aliphatic rings. The second-order valence-electron chi connectivity index (χ2n) is 6.33. The molecule has 3 rings (SSSR count). The predicted octanol–water partition coefficient (Wildman–Crippen LogP) is 4.97. The van der Waals surface area contributed by atoms with Gasteiger partial charge in [0.2, 0.25) is 0 Å². The number of anilines is 1. The third kappa shape index (κ3) is 5.19. The van der Waals surface area contributed by atoms with Crippen LogP contribution in [0.15, 0.2) is 72.8 Å². The zero-order valence-corrected chi connectivity index (χ0v) is 15.6. The summed E-state index contributed by atoms with van der Waals surface area (Å²) in [4.78, 5) is 12.6. The zero-order chi connectivity index (χ0) is 19.1. The van der Waals surface area contributed by atoms with Crippen LogP contribution in [0.25, 0.3) is 0 Å². The number of carbonyl (C=O) groups is 1. The van der Waals surface area contributed by atoms with Gasteiger partial charge in [0.05, 0.1) is 20.3 Å². The van der Waals surface area contributed by atoms with Crippen LogP contribution in [0.3, 0.4) is 0 Å². The van der Waals surface area contributed by atoms with E-state index < -0.39 is 0 Å². The molecule has 1 amide bonds. The lowest BCUT2D eigenvalue weighted by molar-refractivity contribution is 0.102. The fraction of sp³-hybridized carbons (Fsp3) is 0.174. The van der Waals surface area contributed by atoms with Crippen molar-refractivity contribution in [1.29, 1.82) is 0 Å². The van der Waals surface area contributed by atoms with Gasteiger partial charge in [-0.15, -0.1) is 0 Å². The summed E-state index contributed by atoms with van der Waals surface area (Å²) in [6.07, 6.45) is 0. The molecule has 3 aromatic rings. The van der Waals surface area contributed by atoms with Crippen molar-refractivity contribution >= 4 is 11.6 Å². The first-order valence-electron chi connectivity index (χ1n) is 8.82. The van der Waals surface area contributed by atoms with Crippen molar-refractivity contribution in [3.8, 4) is 5.75 Å². The Hall–Kier alpha value is -3.11. The van der Waals surface area contributed by atoms with Gasteiger partial charge in [-0.3, -0.25) is 4.79 Å². The minimum atomic E-state index is -0.161. The third-order valence-corrected chi connectivity index (χ3v) is 4.22. The molecule has 0 atom stereocenters. The van der Waals surface area contributed by atoms with Crippen molar-refractivity contribution < 1.29 is 14.3 Å². The molecule has 0 radical (unpaired) electrons. The predicted molar refractivity (Wildman–Crippen MR) is 107 cm³/mol. The first-order chi connectivity index (χ1) is 13.2. The van der Waals surface area contributed by atoms with Crippen molar-refractivity contribution in [2.45, 2.75) is 20.1 Å². The highest BCUT2D eigenvalue weighted by atomic mass is 16.5. The molecule has 4 nitrogen and oxygen atoms in total. The van der Waals surface area contributed by atoms with E-state index in [1.54, 1.807) is 19.2 Å². The SMILES string of the molecule is COc1ccc(C(=O)Nc2ccc(C)cc2)cc1COCc1ccccc1. The summed E-state index contributed by atoms with van der Waals surface area (Å²) in [5, 5.41) is 2.91. The van der Waals surface area contributed by atoms with Gasteiger partial charge >= 0.3 is 0 Å². The van der Waals surface area contributed by atoms with Crippen LogP contribution in [0.4, 0.5) is 5.69 Å². The van der Waals surface area contributed by atoms with Gasteiger partial charge in [-0.1, -0.05) is 48.0 Å². The Morgan fingerprint density at radius 1 is 0.926 bits per heavy atom. The van der Waals surface area contributed by atoms with Gasteiger partial charge in [0.25, 0.3) is 5.91 Å². The van der Waals surface area contributed by atoms with E-state index in [2.05, 4.69) is 5.32 Å². The van der Waals surface area contributed by atoms with E-state index in [1.165, 1.54) is 0 Å². The number of aryl methyl sites for hydroxylation is 1. The molecule has 0 fully saturated rings. The van der Waals surface area contributed by atoms with E-state index in [0.717, 1.165) is 22.4 Å². The average molecular weight is 361 g/mol. The molecule has 0 unspecified atom stereocenters. The molecule has 138 valence electrons. The largest absolute Gasteiger partial charge is 0.496 e. The second-order valence-corrected chi connectivity index (χ2v) is 6.33. The van der Waals surface area contributed by atoms with Crippen LogP contribution in [0.5, 0.6) is 5.75 Å². The van der Waals surface area contributed by atoms with Crippen molar-refractivity contribution in [3.05, 3.63) is 95.1 Å². The summed E-state index contributed by atoms with van der Waals surface area (Å²) in [5.74, 6) is 0.542. The highest BCUT2D eigenvalue weighted by Crippen LogP contribution is 2.22. The van der Waals surface area contributed by atoms with Crippen molar-refractivity contribution in [3.63, 3.8) is 0 Å². The number of methoxy groups -OCH3 is 1. The summed E-state index contributed by atoms with van der Waals surface area (Å²) in [6.45, 7) is 2.88. The number of ether oxygens (including phenoxy) is 2. The lowest BCUT2D eigenvalue weighted by Crippen LogP contribution is -2.12. The Kier molecular flexibility index (Phi) is 6.23. The monoisotopic (exact) mass is 361 g/mol. The summed E-state index contributed by atoms with van der Waals surface area (Å²) in [5.41, 5.74) is 4.42. The maximum Gasteiger partial charge on any atom is 0.255 e. The molecule has 0 aliphatic heterocycles. The zero-order valence-electron chi connectivity index (χ0n) is 15.6. The second kappa shape index (κ2) is 9.01. The first kappa shape index (κ1) is 18.7. The molecule has 3 aromatic carbocycles. The highest BCUT2D eigenvalue weighted by Gasteiger charge is 2.11. The molecule has 1 N–H and O–H groups in total. The number of hydrogen-bond donors (Lipinski definition) is 1. The first-order valence-corrected chi connectivity index (χ1v) is 8.82. The van der Waals surface area contributed by atoms with E-state index in [1.807, 2.05) is 67.6 Å². The summed E-state index contributed by atoms with van der Waals surface area (Å²) in [7, 11) is 1.61. The van der Waals surface area contributed by atoms with Crippen LogP contribution in [0.1, 0.15) is 27.0 Å². The maximum atomic E-state index is 12.6. The number of nitrogens with one attached hydrogen (secondary N) is 1. The Labute approximate surface area is 159 Å². The molecule has 0 saturated heterocycles. The standard InChI is InChI=1S/C23H23NO3/c1-17-8-11-21(12-9-17)24-23(25)19-10-13-22(26-2)20(14-19)16-27-15-18-6-4-3-5-7-18/h3-14H,15-16H2,1-2H3,(H,24,25). The van der Waals surface area contributed by atoms with E-state index in [4.69, 9.17) is 9.47 Å². The van der Waals surface area contributed by atoms with Crippen molar-refractivity contribution in [1.82, 2.24) is 0 Å². The van der Waals surface area contributed by atoms with Crippen LogP contribution in [0.2, 0.25) is 0 Å². The van der Waals surface area contributed by atoms with Gasteiger partial charge in [-0.05, 0) is 42.8 Å². The van der Waals surface area contributed by atoms with E-state index in [-0.39, 0.29) is 5.91 Å². The summed E-state index contributed by atoms with van der Waals surface area (Å²) >= 11 is 0. The molecule has 27 heavy (non-hydrogen) atoms. The van der Waals surface area contributed by atoms with Crippen LogP contribution >= 0.6 is 0 Å². The number of rotatable bonds is 7. The Morgan fingerprint density at radius 3 is 2.37 bits per heavy atom. The van der Waals surface area contributed by atoms with Crippen molar-refractivity contribution in [2.75, 3.05) is 12.4 Å². The Morgan fingerprint density at radius 2 is 1.67 bits per heavy atom. The van der Waals surface area contributed by atoms with Gasteiger partial charge in [0, 0.05) is 16.8 Å². The lowest BCUT2D eigenvalue weighted by Gasteiger charge is -2.12. The van der Waals surface area contributed by atoms with Crippen LogP contribution < -0.4 is 10.1 Å². The molecule has 0 heterocycles. The molecule has 0 aromatic heterocycles. The normalized spacial score (nSPS) is 10.4. The highest BCUT2D eigenvalue weighted by molar-refractivity contribution is 6.04. The maximum absolute atomic E-state index is 12.6. The van der Waals surface area contributed by atoms with Gasteiger partial charge in [-0.2, -0.15) is 0 Å². The van der Waals surface area contributed by atoms with Gasteiger partial charge < -0.3 is 14.8 Å². The fourth-order valence-electron chi connectivity index (χ4n) is 2.73. The Bertz CT molecular complexity index is 889.